The van der Waals surface area contributed by atoms with Crippen LogP contribution in [0.25, 0.3) is 10.9 Å². The molecule has 28 heavy (non-hydrogen) atoms. The molecule has 0 amide bonds. The second-order valence-electron chi connectivity index (χ2n) is 5.54. The van der Waals surface area contributed by atoms with E-state index >= 15 is 0 Å². The monoisotopic (exact) mass is 444 g/mol. The van der Waals surface area contributed by atoms with E-state index in [1.165, 1.54) is 18.2 Å². The number of nitrogens with zero attached hydrogens (tertiary/aromatic N) is 3. The third kappa shape index (κ3) is 3.76. The largest absolute Gasteiger partial charge is 0.482 e. The van der Waals surface area contributed by atoms with Crippen LogP contribution in [-0.4, -0.2) is 27.4 Å². The van der Waals surface area contributed by atoms with Crippen LogP contribution in [0.3, 0.4) is 0 Å². The second kappa shape index (κ2) is 8.01. The van der Waals surface area contributed by atoms with Crippen molar-refractivity contribution in [3.63, 3.8) is 0 Å². The number of hydrogen-bond donors (Lipinski definition) is 1. The van der Waals surface area contributed by atoms with E-state index in [2.05, 4.69) is 32.6 Å². The Hall–Kier alpha value is -3.53. The molecule has 0 unspecified atom stereocenters. The molecule has 0 bridgehead atoms. The summed E-state index contributed by atoms with van der Waals surface area (Å²) in [5.74, 6) is -0.0536. The Kier molecular flexibility index (Phi) is 5.50. The minimum atomic E-state index is -0.738. The van der Waals surface area contributed by atoms with Gasteiger partial charge in [-0.1, -0.05) is 40.7 Å². The average Bonchev–Trinajstić information content (AvgIpc) is 2.66. The van der Waals surface area contributed by atoms with Gasteiger partial charge < -0.3 is 9.72 Å². The summed E-state index contributed by atoms with van der Waals surface area (Å²) < 4.78 is 6.46. The van der Waals surface area contributed by atoms with Crippen molar-refractivity contribution in [3.05, 3.63) is 90.0 Å². The van der Waals surface area contributed by atoms with Crippen LogP contribution in [0.1, 0.15) is 5.56 Å². The van der Waals surface area contributed by atoms with Crippen LogP contribution in [0, 0.1) is 10.1 Å². The molecule has 0 saturated heterocycles. The summed E-state index contributed by atoms with van der Waals surface area (Å²) in [5.41, 5.74) is -1.05. The predicted octanol–water partition coefficient (Wildman–Crippen LogP) is 2.81. The van der Waals surface area contributed by atoms with E-state index in [0.29, 0.717) is 14.7 Å². The standard InChI is InChI=1S/C18H13BrN4O5/c1-2-7-28-16-11(8-12(19)9-15(16)23(26)27)10-20-22-17(24)13-5-3-4-6-14(13)21-18(22)25/h2-6,8-10H,1,7H2,(H,21,25). The molecule has 10 heteroatoms. The first-order valence-corrected chi connectivity index (χ1v) is 8.71. The van der Waals surface area contributed by atoms with Crippen molar-refractivity contribution in [1.82, 2.24) is 9.66 Å². The van der Waals surface area contributed by atoms with Gasteiger partial charge in [0, 0.05) is 16.1 Å². The van der Waals surface area contributed by atoms with Crippen LogP contribution in [-0.2, 0) is 0 Å². The molecule has 0 aliphatic carbocycles. The first-order chi connectivity index (χ1) is 13.4. The number of nitrogens with one attached hydrogen (secondary N) is 1. The zero-order valence-corrected chi connectivity index (χ0v) is 15.9. The zero-order valence-electron chi connectivity index (χ0n) is 14.3. The van der Waals surface area contributed by atoms with Gasteiger partial charge in [-0.05, 0) is 18.2 Å². The van der Waals surface area contributed by atoms with E-state index in [1.54, 1.807) is 24.3 Å². The Morgan fingerprint density at radius 2 is 2.07 bits per heavy atom. The smallest absolute Gasteiger partial charge is 0.349 e. The highest BCUT2D eigenvalue weighted by molar-refractivity contribution is 9.10. The van der Waals surface area contributed by atoms with Crippen LogP contribution in [0.15, 0.2) is 68.2 Å². The molecule has 3 rings (SSSR count). The van der Waals surface area contributed by atoms with Crippen LogP contribution in [0.2, 0.25) is 0 Å². The summed E-state index contributed by atoms with van der Waals surface area (Å²) in [4.78, 5) is 38.0. The summed E-state index contributed by atoms with van der Waals surface area (Å²) in [6.45, 7) is 3.54. The molecule has 1 aromatic heterocycles. The average molecular weight is 445 g/mol. The van der Waals surface area contributed by atoms with Crippen LogP contribution >= 0.6 is 15.9 Å². The summed E-state index contributed by atoms with van der Waals surface area (Å²) >= 11 is 3.19. The van der Waals surface area contributed by atoms with Gasteiger partial charge in [0.15, 0.2) is 0 Å². The van der Waals surface area contributed by atoms with Crippen molar-refractivity contribution in [2.24, 2.45) is 5.10 Å². The van der Waals surface area contributed by atoms with Crippen molar-refractivity contribution >= 4 is 38.7 Å². The predicted molar refractivity (Wildman–Crippen MR) is 108 cm³/mol. The molecule has 0 atom stereocenters. The zero-order chi connectivity index (χ0) is 20.3. The number of aromatic nitrogens is 2. The van der Waals surface area contributed by atoms with Gasteiger partial charge in [-0.15, -0.1) is 4.68 Å². The molecule has 2 aromatic carbocycles. The van der Waals surface area contributed by atoms with E-state index in [1.807, 2.05) is 0 Å². The first-order valence-electron chi connectivity index (χ1n) is 7.92. The van der Waals surface area contributed by atoms with Gasteiger partial charge in [-0.3, -0.25) is 14.9 Å². The summed E-state index contributed by atoms with van der Waals surface area (Å²) in [5, 5.41) is 15.5. The molecule has 9 nitrogen and oxygen atoms in total. The third-order valence-electron chi connectivity index (χ3n) is 3.70. The maximum Gasteiger partial charge on any atom is 0.349 e. The number of nitro benzene ring substituents is 1. The second-order valence-corrected chi connectivity index (χ2v) is 6.45. The number of para-hydroxylation sites is 1. The Balaban J connectivity index is 2.16. The van der Waals surface area contributed by atoms with Crippen molar-refractivity contribution in [2.75, 3.05) is 6.61 Å². The number of ether oxygens (including phenoxy) is 1. The molecule has 0 spiro atoms. The molecule has 0 aliphatic heterocycles. The van der Waals surface area contributed by atoms with Gasteiger partial charge in [0.2, 0.25) is 5.75 Å². The first kappa shape index (κ1) is 19.2. The lowest BCUT2D eigenvalue weighted by Gasteiger charge is -2.08. The van der Waals surface area contributed by atoms with Crippen molar-refractivity contribution in [3.8, 4) is 5.75 Å². The molecule has 0 radical (unpaired) electrons. The topological polar surface area (TPSA) is 120 Å². The molecule has 1 heterocycles. The lowest BCUT2D eigenvalue weighted by atomic mass is 10.2. The van der Waals surface area contributed by atoms with E-state index in [9.17, 15) is 19.7 Å². The van der Waals surface area contributed by atoms with Crippen LogP contribution < -0.4 is 16.0 Å². The van der Waals surface area contributed by atoms with Crippen LogP contribution in [0.5, 0.6) is 5.75 Å². The molecule has 0 fully saturated rings. The summed E-state index contributed by atoms with van der Waals surface area (Å²) in [6.07, 6.45) is 2.59. The molecule has 142 valence electrons. The molecule has 1 N–H and O–H groups in total. The number of fused-ring (bicyclic) bond motifs is 1. The minimum Gasteiger partial charge on any atom is -0.482 e. The number of benzene rings is 2. The van der Waals surface area contributed by atoms with Crippen LogP contribution in [0.4, 0.5) is 5.69 Å². The molecule has 3 aromatic rings. The number of halogens is 1. The maximum absolute atomic E-state index is 12.5. The molecule has 0 saturated carbocycles. The fourth-order valence-electron chi connectivity index (χ4n) is 2.51. The molecule has 0 aliphatic rings. The lowest BCUT2D eigenvalue weighted by Crippen LogP contribution is -2.32. The van der Waals surface area contributed by atoms with Gasteiger partial charge in [-0.2, -0.15) is 5.10 Å². The molecular formula is C18H13BrN4O5. The van der Waals surface area contributed by atoms with Gasteiger partial charge in [-0.25, -0.2) is 4.79 Å². The van der Waals surface area contributed by atoms with Crippen molar-refractivity contribution in [2.45, 2.75) is 0 Å². The summed E-state index contributed by atoms with van der Waals surface area (Å²) in [6, 6.07) is 9.32. The van der Waals surface area contributed by atoms with E-state index < -0.39 is 16.2 Å². The van der Waals surface area contributed by atoms with E-state index in [-0.39, 0.29) is 29.0 Å². The van der Waals surface area contributed by atoms with Gasteiger partial charge in [0.25, 0.3) is 5.56 Å². The molecular weight excluding hydrogens is 432 g/mol. The highest BCUT2D eigenvalue weighted by Crippen LogP contribution is 2.33. The van der Waals surface area contributed by atoms with Gasteiger partial charge in [0.05, 0.1) is 22.0 Å². The van der Waals surface area contributed by atoms with E-state index in [0.717, 1.165) is 6.21 Å². The Morgan fingerprint density at radius 1 is 1.32 bits per heavy atom. The minimum absolute atomic E-state index is 0.0276. The van der Waals surface area contributed by atoms with Gasteiger partial charge in [0.1, 0.15) is 6.61 Å². The Morgan fingerprint density at radius 3 is 2.79 bits per heavy atom. The van der Waals surface area contributed by atoms with E-state index in [4.69, 9.17) is 4.74 Å². The lowest BCUT2D eigenvalue weighted by molar-refractivity contribution is -0.385. The highest BCUT2D eigenvalue weighted by atomic mass is 79.9. The van der Waals surface area contributed by atoms with Crippen molar-refractivity contribution < 1.29 is 9.66 Å². The Bertz CT molecular complexity index is 1230. The Labute approximate surface area is 165 Å². The number of rotatable bonds is 6. The van der Waals surface area contributed by atoms with Gasteiger partial charge >= 0.3 is 11.4 Å². The number of hydrogen-bond acceptors (Lipinski definition) is 6. The number of nitro groups is 1. The normalized spacial score (nSPS) is 11.0. The summed E-state index contributed by atoms with van der Waals surface area (Å²) in [7, 11) is 0. The number of H-pyrrole nitrogens is 1. The number of aromatic amines is 1. The highest BCUT2D eigenvalue weighted by Gasteiger charge is 2.20. The van der Waals surface area contributed by atoms with Crippen molar-refractivity contribution in [1.29, 1.82) is 0 Å². The third-order valence-corrected chi connectivity index (χ3v) is 4.16. The fraction of sp³-hybridized carbons (Fsp3) is 0.0556. The SMILES string of the molecule is C=CCOc1c(C=Nn2c(=O)[nH]c3ccccc3c2=O)cc(Br)cc1[N+](=O)[O-]. The quantitative estimate of drug-likeness (QED) is 0.271. The fourth-order valence-corrected chi connectivity index (χ4v) is 2.97. The maximum atomic E-state index is 12.5.